The summed E-state index contributed by atoms with van der Waals surface area (Å²) in [6.45, 7) is 13.7. The average molecular weight is 273 g/mol. The van der Waals surface area contributed by atoms with Crippen LogP contribution in [0.3, 0.4) is 0 Å². The molecule has 0 aliphatic rings. The minimum absolute atomic E-state index is 1.25. The van der Waals surface area contributed by atoms with Crippen molar-refractivity contribution in [1.82, 2.24) is 0 Å². The molecule has 0 rings (SSSR count). The SMILES string of the molecule is C[CH2][Ge]([CH2]C)([CH2]C)[C](=C=O)[Si](C)(C)C. The maximum atomic E-state index is 11.2. The summed E-state index contributed by atoms with van der Waals surface area (Å²) in [5, 5.41) is 3.76. The maximum absolute atomic E-state index is 11.2. The molecular formula is C11H24GeOSi. The monoisotopic (exact) mass is 274 g/mol. The van der Waals surface area contributed by atoms with Gasteiger partial charge in [-0.2, -0.15) is 0 Å². The van der Waals surface area contributed by atoms with Gasteiger partial charge in [-0.05, 0) is 0 Å². The van der Waals surface area contributed by atoms with E-state index in [0.29, 0.717) is 0 Å². The molecule has 0 aromatic carbocycles. The average Bonchev–Trinajstić information content (AvgIpc) is 2.12. The second-order valence-corrected chi connectivity index (χ2v) is 22.0. The van der Waals surface area contributed by atoms with Crippen molar-refractivity contribution in [3.63, 3.8) is 0 Å². The third-order valence-electron chi connectivity index (χ3n) is 3.41. The van der Waals surface area contributed by atoms with Crippen LogP contribution in [0, 0.1) is 0 Å². The Morgan fingerprint density at radius 1 is 1.07 bits per heavy atom. The second-order valence-electron chi connectivity index (χ2n) is 5.07. The minimum atomic E-state index is -1.97. The van der Waals surface area contributed by atoms with E-state index >= 15 is 0 Å². The molecule has 0 fully saturated rings. The Labute approximate surface area is 92.3 Å². The zero-order valence-corrected chi connectivity index (χ0v) is 13.6. The summed E-state index contributed by atoms with van der Waals surface area (Å²) in [4.78, 5) is 11.2. The van der Waals surface area contributed by atoms with Crippen LogP contribution in [0.1, 0.15) is 20.8 Å². The van der Waals surface area contributed by atoms with Crippen molar-refractivity contribution in [3.05, 3.63) is 4.03 Å². The van der Waals surface area contributed by atoms with Crippen molar-refractivity contribution in [2.24, 2.45) is 0 Å². The van der Waals surface area contributed by atoms with Crippen LogP contribution in [-0.2, 0) is 4.79 Å². The van der Waals surface area contributed by atoms with Gasteiger partial charge in [-0.3, -0.25) is 0 Å². The molecule has 1 nitrogen and oxygen atoms in total. The number of rotatable bonds is 5. The third-order valence-corrected chi connectivity index (χ3v) is 23.5. The van der Waals surface area contributed by atoms with Crippen LogP contribution in [0.5, 0.6) is 0 Å². The fourth-order valence-electron chi connectivity index (χ4n) is 2.34. The summed E-state index contributed by atoms with van der Waals surface area (Å²) in [6.07, 6.45) is 0. The normalized spacial score (nSPS) is 12.4. The van der Waals surface area contributed by atoms with Crippen LogP contribution in [0.15, 0.2) is 4.03 Å². The molecule has 0 saturated heterocycles. The van der Waals surface area contributed by atoms with Crippen LogP contribution < -0.4 is 0 Å². The fourth-order valence-corrected chi connectivity index (χ4v) is 22.8. The zero-order chi connectivity index (χ0) is 11.4. The van der Waals surface area contributed by atoms with Gasteiger partial charge in [0, 0.05) is 0 Å². The topological polar surface area (TPSA) is 17.1 Å². The Balaban J connectivity index is 5.29. The molecule has 0 radical (unpaired) electrons. The van der Waals surface area contributed by atoms with Crippen molar-refractivity contribution < 1.29 is 4.79 Å². The van der Waals surface area contributed by atoms with Gasteiger partial charge in [0.2, 0.25) is 0 Å². The van der Waals surface area contributed by atoms with Crippen molar-refractivity contribution >= 4 is 27.3 Å². The van der Waals surface area contributed by atoms with Gasteiger partial charge in [-0.1, -0.05) is 0 Å². The summed E-state index contributed by atoms with van der Waals surface area (Å²) < 4.78 is 1.28. The fraction of sp³-hybridized carbons (Fsp3) is 0.818. The Bertz CT molecular complexity index is 224. The Morgan fingerprint density at radius 3 is 1.50 bits per heavy atom. The molecule has 0 heterocycles. The van der Waals surface area contributed by atoms with Gasteiger partial charge in [0.15, 0.2) is 0 Å². The Kier molecular flexibility index (Phi) is 5.42. The molecule has 0 saturated carbocycles. The summed E-state index contributed by atoms with van der Waals surface area (Å²) >= 11 is -1.97. The first-order valence-electron chi connectivity index (χ1n) is 5.64. The van der Waals surface area contributed by atoms with E-state index in [1.807, 2.05) is 0 Å². The quantitative estimate of drug-likeness (QED) is 0.551. The first kappa shape index (κ1) is 14.2. The Morgan fingerprint density at radius 2 is 1.43 bits per heavy atom. The van der Waals surface area contributed by atoms with E-state index < -0.39 is 21.3 Å². The zero-order valence-electron chi connectivity index (χ0n) is 10.5. The predicted molar refractivity (Wildman–Crippen MR) is 69.7 cm³/mol. The van der Waals surface area contributed by atoms with Gasteiger partial charge in [0.1, 0.15) is 0 Å². The molecule has 0 amide bonds. The van der Waals surface area contributed by atoms with Crippen LogP contribution in [0.25, 0.3) is 0 Å². The molecule has 14 heavy (non-hydrogen) atoms. The predicted octanol–water partition coefficient (Wildman–Crippen LogP) is 3.67. The molecule has 0 bridgehead atoms. The molecule has 0 unspecified atom stereocenters. The van der Waals surface area contributed by atoms with Gasteiger partial charge in [0.05, 0.1) is 0 Å². The van der Waals surface area contributed by atoms with Crippen LogP contribution in [0.4, 0.5) is 0 Å². The van der Waals surface area contributed by atoms with E-state index in [1.165, 1.54) is 19.8 Å². The van der Waals surface area contributed by atoms with E-state index in [0.717, 1.165) is 0 Å². The number of carbonyl (C=O) groups excluding carboxylic acids is 1. The standard InChI is InChI=1S/C11H24GeOSi/c1-7-12(8-2,9-3)11(10-13)14(4,5)6/h7-9H2,1-6H3. The van der Waals surface area contributed by atoms with Gasteiger partial charge in [0.25, 0.3) is 0 Å². The van der Waals surface area contributed by atoms with Crippen molar-refractivity contribution in [1.29, 1.82) is 0 Å². The first-order valence-corrected chi connectivity index (χ1v) is 14.6. The van der Waals surface area contributed by atoms with E-state index in [4.69, 9.17) is 0 Å². The van der Waals surface area contributed by atoms with Crippen molar-refractivity contribution in [2.75, 3.05) is 0 Å². The van der Waals surface area contributed by atoms with E-state index in [9.17, 15) is 4.79 Å². The van der Waals surface area contributed by atoms with Gasteiger partial charge >= 0.3 is 92.3 Å². The number of hydrogen-bond donors (Lipinski definition) is 0. The summed E-state index contributed by atoms with van der Waals surface area (Å²) in [5.41, 5.74) is 0. The van der Waals surface area contributed by atoms with Crippen molar-refractivity contribution in [2.45, 2.75) is 56.2 Å². The van der Waals surface area contributed by atoms with Crippen molar-refractivity contribution in [3.8, 4) is 0 Å². The van der Waals surface area contributed by atoms with Crippen LogP contribution >= 0.6 is 0 Å². The summed E-state index contributed by atoms with van der Waals surface area (Å²) in [7, 11) is -1.41. The molecular weight excluding hydrogens is 249 g/mol. The molecule has 0 aliphatic carbocycles. The molecule has 0 spiro atoms. The van der Waals surface area contributed by atoms with E-state index in [2.05, 4.69) is 46.4 Å². The molecule has 0 aromatic heterocycles. The molecule has 0 N–H and O–H groups in total. The van der Waals surface area contributed by atoms with Crippen LogP contribution in [-0.4, -0.2) is 27.3 Å². The third kappa shape index (κ3) is 2.85. The van der Waals surface area contributed by atoms with E-state index in [-0.39, 0.29) is 0 Å². The summed E-state index contributed by atoms with van der Waals surface area (Å²) in [5.74, 6) is 2.35. The van der Waals surface area contributed by atoms with Gasteiger partial charge in [-0.25, -0.2) is 0 Å². The molecule has 0 aliphatic heterocycles. The van der Waals surface area contributed by atoms with Gasteiger partial charge in [-0.15, -0.1) is 0 Å². The van der Waals surface area contributed by atoms with Gasteiger partial charge < -0.3 is 0 Å². The summed E-state index contributed by atoms with van der Waals surface area (Å²) in [6, 6.07) is 0. The second kappa shape index (κ2) is 5.34. The number of hydrogen-bond acceptors (Lipinski definition) is 1. The molecule has 3 heteroatoms. The van der Waals surface area contributed by atoms with Crippen LogP contribution in [0.2, 0.25) is 35.4 Å². The van der Waals surface area contributed by atoms with E-state index in [1.54, 1.807) is 0 Å². The molecule has 0 atom stereocenters. The Hall–Kier alpha value is 0.210. The molecule has 82 valence electrons. The first-order chi connectivity index (χ1) is 6.37. The molecule has 0 aromatic rings.